The maximum atomic E-state index is 12.7. The first-order valence-electron chi connectivity index (χ1n) is 7.15. The van der Waals surface area contributed by atoms with Crippen LogP contribution in [0.3, 0.4) is 0 Å². The van der Waals surface area contributed by atoms with Crippen LogP contribution in [0.15, 0.2) is 41.3 Å². The van der Waals surface area contributed by atoms with Gasteiger partial charge in [-0.15, -0.1) is 0 Å². The van der Waals surface area contributed by atoms with Gasteiger partial charge in [0.1, 0.15) is 5.75 Å². The molecule has 0 fully saturated rings. The first-order chi connectivity index (χ1) is 11.3. The van der Waals surface area contributed by atoms with Crippen molar-refractivity contribution >= 4 is 21.7 Å². The van der Waals surface area contributed by atoms with Crippen LogP contribution in [0.2, 0.25) is 0 Å². The summed E-state index contributed by atoms with van der Waals surface area (Å²) in [5.74, 6) is 0.0597. The SMILES string of the molecule is COC(=O)c1cccc(NS(=O)(=O)c2c(C)cc(OC)cc2C)c1. The summed E-state index contributed by atoms with van der Waals surface area (Å²) >= 11 is 0. The van der Waals surface area contributed by atoms with Gasteiger partial charge in [0.25, 0.3) is 10.0 Å². The van der Waals surface area contributed by atoms with Gasteiger partial charge in [-0.1, -0.05) is 6.07 Å². The second kappa shape index (κ2) is 6.92. The molecule has 0 amide bonds. The maximum Gasteiger partial charge on any atom is 0.337 e. The van der Waals surface area contributed by atoms with Gasteiger partial charge in [-0.25, -0.2) is 13.2 Å². The molecule has 0 aromatic heterocycles. The fourth-order valence-corrected chi connectivity index (χ4v) is 3.99. The topological polar surface area (TPSA) is 81.7 Å². The van der Waals surface area contributed by atoms with Crippen molar-refractivity contribution in [2.24, 2.45) is 0 Å². The number of nitrogens with one attached hydrogen (secondary N) is 1. The fourth-order valence-electron chi connectivity index (χ4n) is 2.49. The molecule has 0 atom stereocenters. The van der Waals surface area contributed by atoms with Crippen molar-refractivity contribution in [1.82, 2.24) is 0 Å². The molecule has 7 heteroatoms. The van der Waals surface area contributed by atoms with Crippen molar-refractivity contribution < 1.29 is 22.7 Å². The van der Waals surface area contributed by atoms with Crippen LogP contribution >= 0.6 is 0 Å². The number of carbonyl (C=O) groups is 1. The number of esters is 1. The number of anilines is 1. The Morgan fingerprint density at radius 2 is 1.67 bits per heavy atom. The van der Waals surface area contributed by atoms with E-state index < -0.39 is 16.0 Å². The number of hydrogen-bond acceptors (Lipinski definition) is 5. The number of hydrogen-bond donors (Lipinski definition) is 1. The minimum Gasteiger partial charge on any atom is -0.497 e. The number of benzene rings is 2. The van der Waals surface area contributed by atoms with Crippen molar-refractivity contribution in [3.05, 3.63) is 53.1 Å². The van der Waals surface area contributed by atoms with E-state index in [9.17, 15) is 13.2 Å². The van der Waals surface area contributed by atoms with Crippen molar-refractivity contribution in [3.8, 4) is 5.75 Å². The van der Waals surface area contributed by atoms with Gasteiger partial charge in [-0.2, -0.15) is 0 Å². The minimum atomic E-state index is -3.81. The lowest BCUT2D eigenvalue weighted by Gasteiger charge is -2.14. The quantitative estimate of drug-likeness (QED) is 0.840. The second-order valence-corrected chi connectivity index (χ2v) is 6.89. The lowest BCUT2D eigenvalue weighted by atomic mass is 10.1. The van der Waals surface area contributed by atoms with E-state index in [2.05, 4.69) is 9.46 Å². The molecule has 0 spiro atoms. The van der Waals surface area contributed by atoms with Crippen molar-refractivity contribution in [3.63, 3.8) is 0 Å². The Labute approximate surface area is 141 Å². The van der Waals surface area contributed by atoms with Crippen LogP contribution in [0, 0.1) is 13.8 Å². The fraction of sp³-hybridized carbons (Fsp3) is 0.235. The van der Waals surface area contributed by atoms with Crippen molar-refractivity contribution in [2.75, 3.05) is 18.9 Å². The first kappa shape index (κ1) is 17.8. The third-order valence-electron chi connectivity index (χ3n) is 3.47. The molecule has 0 aliphatic carbocycles. The molecule has 0 aliphatic heterocycles. The van der Waals surface area contributed by atoms with Gasteiger partial charge in [-0.05, 0) is 55.3 Å². The maximum absolute atomic E-state index is 12.7. The Kier molecular flexibility index (Phi) is 5.14. The number of carbonyl (C=O) groups excluding carboxylic acids is 1. The van der Waals surface area contributed by atoms with E-state index in [0.29, 0.717) is 16.9 Å². The van der Waals surface area contributed by atoms with Crippen LogP contribution in [0.5, 0.6) is 5.75 Å². The summed E-state index contributed by atoms with van der Waals surface area (Å²) in [4.78, 5) is 11.8. The van der Waals surface area contributed by atoms with Gasteiger partial charge >= 0.3 is 5.97 Å². The van der Waals surface area contributed by atoms with Crippen LogP contribution in [0.1, 0.15) is 21.5 Å². The molecule has 0 heterocycles. The zero-order chi connectivity index (χ0) is 17.9. The monoisotopic (exact) mass is 349 g/mol. The summed E-state index contributed by atoms with van der Waals surface area (Å²) in [5, 5.41) is 0. The van der Waals surface area contributed by atoms with Crippen LogP contribution in [-0.4, -0.2) is 28.6 Å². The van der Waals surface area contributed by atoms with Gasteiger partial charge in [0.2, 0.25) is 0 Å². The summed E-state index contributed by atoms with van der Waals surface area (Å²) in [6.45, 7) is 3.41. The van der Waals surface area contributed by atoms with Gasteiger partial charge in [0, 0.05) is 5.69 Å². The zero-order valence-corrected chi connectivity index (χ0v) is 14.7. The summed E-state index contributed by atoms with van der Waals surface area (Å²) in [6, 6.07) is 9.44. The number of sulfonamides is 1. The number of ether oxygens (including phenoxy) is 2. The van der Waals surface area contributed by atoms with Gasteiger partial charge in [0.05, 0.1) is 24.7 Å². The lowest BCUT2D eigenvalue weighted by molar-refractivity contribution is 0.0601. The molecule has 0 aliphatic rings. The highest BCUT2D eigenvalue weighted by molar-refractivity contribution is 7.92. The predicted molar refractivity (Wildman–Crippen MR) is 91.1 cm³/mol. The summed E-state index contributed by atoms with van der Waals surface area (Å²) in [6.07, 6.45) is 0. The smallest absolute Gasteiger partial charge is 0.337 e. The first-order valence-corrected chi connectivity index (χ1v) is 8.63. The molecule has 0 radical (unpaired) electrons. The second-order valence-electron chi connectivity index (χ2n) is 5.27. The van der Waals surface area contributed by atoms with Gasteiger partial charge < -0.3 is 9.47 Å². The Bertz CT molecular complexity index is 851. The highest BCUT2D eigenvalue weighted by Crippen LogP contribution is 2.27. The predicted octanol–water partition coefficient (Wildman–Crippen LogP) is 2.90. The Morgan fingerprint density at radius 1 is 1.04 bits per heavy atom. The highest BCUT2D eigenvalue weighted by atomic mass is 32.2. The Morgan fingerprint density at radius 3 is 2.21 bits per heavy atom. The molecule has 1 N–H and O–H groups in total. The number of rotatable bonds is 5. The van der Waals surface area contributed by atoms with Crippen LogP contribution in [-0.2, 0) is 14.8 Å². The molecule has 2 aromatic carbocycles. The molecule has 0 bridgehead atoms. The summed E-state index contributed by atoms with van der Waals surface area (Å²) < 4.78 is 37.7. The van der Waals surface area contributed by atoms with E-state index >= 15 is 0 Å². The van der Waals surface area contributed by atoms with E-state index in [1.165, 1.54) is 20.3 Å². The van der Waals surface area contributed by atoms with E-state index in [4.69, 9.17) is 4.74 Å². The summed E-state index contributed by atoms with van der Waals surface area (Å²) in [5.41, 5.74) is 1.69. The molecule has 24 heavy (non-hydrogen) atoms. The van der Waals surface area contributed by atoms with E-state index in [1.54, 1.807) is 44.2 Å². The van der Waals surface area contributed by atoms with E-state index in [-0.39, 0.29) is 16.1 Å². The van der Waals surface area contributed by atoms with Crippen molar-refractivity contribution in [1.29, 1.82) is 0 Å². The van der Waals surface area contributed by atoms with Crippen LogP contribution in [0.4, 0.5) is 5.69 Å². The van der Waals surface area contributed by atoms with Crippen LogP contribution < -0.4 is 9.46 Å². The average molecular weight is 349 g/mol. The molecule has 6 nitrogen and oxygen atoms in total. The average Bonchev–Trinajstić information content (AvgIpc) is 2.52. The third-order valence-corrected chi connectivity index (χ3v) is 5.16. The molecule has 2 aromatic rings. The molecule has 0 saturated heterocycles. The standard InChI is InChI=1S/C17H19NO5S/c1-11-8-15(22-3)9-12(2)16(11)24(20,21)18-14-7-5-6-13(10-14)17(19)23-4/h5-10,18H,1-4H3. The molecule has 0 saturated carbocycles. The molecular weight excluding hydrogens is 330 g/mol. The van der Waals surface area contributed by atoms with Crippen LogP contribution in [0.25, 0.3) is 0 Å². The molecule has 0 unspecified atom stereocenters. The Balaban J connectivity index is 2.41. The lowest BCUT2D eigenvalue weighted by Crippen LogP contribution is -2.16. The minimum absolute atomic E-state index is 0.187. The van der Waals surface area contributed by atoms with E-state index in [0.717, 1.165) is 0 Å². The molecule has 2 rings (SSSR count). The molecule has 128 valence electrons. The van der Waals surface area contributed by atoms with E-state index in [1.807, 2.05) is 0 Å². The van der Waals surface area contributed by atoms with Gasteiger partial charge in [-0.3, -0.25) is 4.72 Å². The highest BCUT2D eigenvalue weighted by Gasteiger charge is 2.21. The third kappa shape index (κ3) is 3.68. The summed E-state index contributed by atoms with van der Waals surface area (Å²) in [7, 11) is -1.01. The number of methoxy groups -OCH3 is 2. The Hall–Kier alpha value is -2.54. The normalized spacial score (nSPS) is 11.0. The zero-order valence-electron chi connectivity index (χ0n) is 13.9. The van der Waals surface area contributed by atoms with Crippen molar-refractivity contribution in [2.45, 2.75) is 18.7 Å². The van der Waals surface area contributed by atoms with Gasteiger partial charge in [0.15, 0.2) is 0 Å². The molecular formula is C17H19NO5S. The number of aryl methyl sites for hydroxylation is 2. The largest absolute Gasteiger partial charge is 0.497 e.